The van der Waals surface area contributed by atoms with Gasteiger partial charge in [-0.15, -0.1) is 0 Å². The van der Waals surface area contributed by atoms with Gasteiger partial charge in [0, 0.05) is 43.9 Å². The Bertz CT molecular complexity index is 1240. The number of nitrogens with one attached hydrogen (secondary N) is 1. The summed E-state index contributed by atoms with van der Waals surface area (Å²) in [6.07, 6.45) is 4.79. The van der Waals surface area contributed by atoms with Crippen LogP contribution < -0.4 is 10.9 Å². The Kier molecular flexibility index (Phi) is 5.83. The summed E-state index contributed by atoms with van der Waals surface area (Å²) in [5.41, 5.74) is 1.87. The zero-order valence-corrected chi connectivity index (χ0v) is 17.5. The number of hydrogen-bond acceptors (Lipinski definition) is 7. The second-order valence-electron chi connectivity index (χ2n) is 8.04. The Hall–Kier alpha value is -3.30. The summed E-state index contributed by atoms with van der Waals surface area (Å²) in [6.45, 7) is 3.74. The molecule has 0 radical (unpaired) electrons. The summed E-state index contributed by atoms with van der Waals surface area (Å²) in [5.74, 6) is 0.855. The molecular formula is C23H24FN5O3. The van der Waals surface area contributed by atoms with Gasteiger partial charge in [-0.05, 0) is 44.1 Å². The van der Waals surface area contributed by atoms with Crippen LogP contribution in [0.5, 0.6) is 0 Å². The highest BCUT2D eigenvalue weighted by atomic mass is 19.1. The molecule has 32 heavy (non-hydrogen) atoms. The van der Waals surface area contributed by atoms with E-state index in [1.54, 1.807) is 16.9 Å². The van der Waals surface area contributed by atoms with Gasteiger partial charge in [0.2, 0.25) is 5.76 Å². The molecule has 1 aliphatic heterocycles. The zero-order valence-electron chi connectivity index (χ0n) is 17.5. The third-order valence-corrected chi connectivity index (χ3v) is 5.93. The lowest BCUT2D eigenvalue weighted by Crippen LogP contribution is -2.43. The first-order valence-electron chi connectivity index (χ1n) is 10.8. The van der Waals surface area contributed by atoms with Crippen molar-refractivity contribution in [1.82, 2.24) is 24.9 Å². The number of pyridine rings is 2. The van der Waals surface area contributed by atoms with Crippen molar-refractivity contribution in [3.05, 3.63) is 70.7 Å². The van der Waals surface area contributed by atoms with Crippen LogP contribution in [0.3, 0.4) is 0 Å². The number of hydrogen-bond donors (Lipinski definition) is 1. The highest BCUT2D eigenvalue weighted by molar-refractivity contribution is 5.74. The van der Waals surface area contributed by atoms with E-state index in [0.717, 1.165) is 38.2 Å². The monoisotopic (exact) mass is 437 g/mol. The van der Waals surface area contributed by atoms with Crippen LogP contribution in [0.2, 0.25) is 0 Å². The smallest absolute Gasteiger partial charge is 0.251 e. The summed E-state index contributed by atoms with van der Waals surface area (Å²) in [7, 11) is 0. The van der Waals surface area contributed by atoms with Gasteiger partial charge in [-0.25, -0.2) is 4.39 Å². The predicted octanol–water partition coefficient (Wildman–Crippen LogP) is 3.04. The van der Waals surface area contributed by atoms with E-state index in [9.17, 15) is 9.18 Å². The van der Waals surface area contributed by atoms with E-state index in [1.165, 1.54) is 18.3 Å². The molecule has 5 rings (SSSR count). The van der Waals surface area contributed by atoms with E-state index in [4.69, 9.17) is 8.94 Å². The molecule has 4 aromatic rings. The largest absolute Gasteiger partial charge is 0.461 e. The molecule has 8 nitrogen and oxygen atoms in total. The molecular weight excluding hydrogens is 413 g/mol. The lowest BCUT2D eigenvalue weighted by atomic mass is 10.0. The van der Waals surface area contributed by atoms with Crippen LogP contribution in [0.15, 0.2) is 62.6 Å². The Morgan fingerprint density at radius 3 is 2.81 bits per heavy atom. The molecule has 0 bridgehead atoms. The quantitative estimate of drug-likeness (QED) is 0.475. The number of likely N-dealkylation sites (tertiary alicyclic amines) is 1. The first-order valence-corrected chi connectivity index (χ1v) is 10.8. The molecule has 4 aromatic heterocycles. The van der Waals surface area contributed by atoms with Crippen LogP contribution >= 0.6 is 0 Å². The van der Waals surface area contributed by atoms with Crippen molar-refractivity contribution in [3.63, 3.8) is 0 Å². The molecule has 1 aliphatic rings. The molecule has 1 saturated heterocycles. The Morgan fingerprint density at radius 1 is 1.12 bits per heavy atom. The number of halogens is 1. The van der Waals surface area contributed by atoms with Gasteiger partial charge in [-0.3, -0.25) is 9.78 Å². The maximum Gasteiger partial charge on any atom is 0.251 e. The van der Waals surface area contributed by atoms with Gasteiger partial charge >= 0.3 is 0 Å². The lowest BCUT2D eigenvalue weighted by Gasteiger charge is -2.32. The third-order valence-electron chi connectivity index (χ3n) is 5.93. The lowest BCUT2D eigenvalue weighted by molar-refractivity contribution is 0.191. The molecule has 9 heteroatoms. The SMILES string of the molecule is O=c1ccc2ncc(F)cc2n1CCN1CCC(NCc2cc(-c3ccco3)on2)CC1. The molecule has 5 heterocycles. The van der Waals surface area contributed by atoms with Gasteiger partial charge in [-0.1, -0.05) is 5.16 Å². The number of fused-ring (bicyclic) bond motifs is 1. The molecule has 0 spiro atoms. The van der Waals surface area contributed by atoms with Crippen molar-refractivity contribution in [2.45, 2.75) is 32.0 Å². The van der Waals surface area contributed by atoms with Crippen molar-refractivity contribution in [2.24, 2.45) is 0 Å². The van der Waals surface area contributed by atoms with Crippen LogP contribution in [-0.2, 0) is 13.1 Å². The first-order chi connectivity index (χ1) is 15.7. The van der Waals surface area contributed by atoms with Gasteiger partial charge in [0.05, 0.1) is 29.2 Å². The second kappa shape index (κ2) is 9.05. The van der Waals surface area contributed by atoms with Crippen LogP contribution in [-0.4, -0.2) is 45.3 Å². The van der Waals surface area contributed by atoms with E-state index in [0.29, 0.717) is 41.7 Å². The molecule has 1 fully saturated rings. The minimum atomic E-state index is -0.438. The maximum atomic E-state index is 13.6. The molecule has 1 N–H and O–H groups in total. The second-order valence-corrected chi connectivity index (χ2v) is 8.04. The molecule has 0 amide bonds. The third kappa shape index (κ3) is 4.49. The van der Waals surface area contributed by atoms with E-state index >= 15 is 0 Å². The van der Waals surface area contributed by atoms with E-state index in [2.05, 4.69) is 20.4 Å². The first kappa shape index (κ1) is 20.6. The van der Waals surface area contributed by atoms with E-state index in [1.807, 2.05) is 18.2 Å². The Morgan fingerprint density at radius 2 is 2.00 bits per heavy atom. The molecule has 166 valence electrons. The predicted molar refractivity (Wildman–Crippen MR) is 116 cm³/mol. The van der Waals surface area contributed by atoms with Crippen molar-refractivity contribution in [2.75, 3.05) is 19.6 Å². The average Bonchev–Trinajstić information content (AvgIpc) is 3.50. The van der Waals surface area contributed by atoms with Gasteiger partial charge in [0.25, 0.3) is 5.56 Å². The fourth-order valence-electron chi connectivity index (χ4n) is 4.15. The molecule has 0 saturated carbocycles. The summed E-state index contributed by atoms with van der Waals surface area (Å²) in [5, 5.41) is 7.65. The molecule has 0 aliphatic carbocycles. The summed E-state index contributed by atoms with van der Waals surface area (Å²) in [4.78, 5) is 18.7. The Balaban J connectivity index is 1.12. The van der Waals surface area contributed by atoms with E-state index < -0.39 is 5.82 Å². The number of nitrogens with zero attached hydrogens (tertiary/aromatic N) is 4. The fraction of sp³-hybridized carbons (Fsp3) is 0.348. The summed E-state index contributed by atoms with van der Waals surface area (Å²) < 4.78 is 25.9. The van der Waals surface area contributed by atoms with Crippen LogP contribution in [0.25, 0.3) is 22.6 Å². The van der Waals surface area contributed by atoms with Crippen molar-refractivity contribution >= 4 is 11.0 Å². The van der Waals surface area contributed by atoms with Crippen molar-refractivity contribution in [3.8, 4) is 11.5 Å². The van der Waals surface area contributed by atoms with Crippen LogP contribution in [0, 0.1) is 5.82 Å². The molecule has 0 atom stereocenters. The molecule has 0 unspecified atom stereocenters. The van der Waals surface area contributed by atoms with E-state index in [-0.39, 0.29) is 5.56 Å². The highest BCUT2D eigenvalue weighted by Crippen LogP contribution is 2.21. The topological polar surface area (TPSA) is 89.3 Å². The molecule has 0 aromatic carbocycles. The number of furan rings is 1. The van der Waals surface area contributed by atoms with Gasteiger partial charge < -0.3 is 23.7 Å². The number of aromatic nitrogens is 3. The van der Waals surface area contributed by atoms with Gasteiger partial charge in [-0.2, -0.15) is 0 Å². The maximum absolute atomic E-state index is 13.6. The minimum Gasteiger partial charge on any atom is -0.461 e. The highest BCUT2D eigenvalue weighted by Gasteiger charge is 2.20. The van der Waals surface area contributed by atoms with Crippen molar-refractivity contribution < 1.29 is 13.3 Å². The van der Waals surface area contributed by atoms with Gasteiger partial charge in [0.1, 0.15) is 5.82 Å². The number of piperidine rings is 1. The summed E-state index contributed by atoms with van der Waals surface area (Å²) >= 11 is 0. The average molecular weight is 437 g/mol. The van der Waals surface area contributed by atoms with Crippen LogP contribution in [0.1, 0.15) is 18.5 Å². The minimum absolute atomic E-state index is 0.136. The van der Waals surface area contributed by atoms with Crippen molar-refractivity contribution in [1.29, 1.82) is 0 Å². The fourth-order valence-corrected chi connectivity index (χ4v) is 4.15. The van der Waals surface area contributed by atoms with Crippen LogP contribution in [0.4, 0.5) is 4.39 Å². The normalized spacial score (nSPS) is 15.5. The standard InChI is InChI=1S/C23H24FN5O3/c24-16-12-20-19(26-14-16)3-4-23(30)29(20)10-9-28-7-5-17(6-8-28)25-15-18-13-22(32-27-18)21-2-1-11-31-21/h1-4,11-14,17,25H,5-10,15H2. The summed E-state index contributed by atoms with van der Waals surface area (Å²) in [6, 6.07) is 10.4. The van der Waals surface area contributed by atoms with Gasteiger partial charge in [0.15, 0.2) is 5.76 Å². The zero-order chi connectivity index (χ0) is 21.9. The number of rotatable bonds is 7. The Labute approximate surface area is 183 Å².